The number of amides is 3. The van der Waals surface area contributed by atoms with E-state index in [4.69, 9.17) is 16.3 Å². The van der Waals surface area contributed by atoms with Crippen molar-refractivity contribution < 1.29 is 19.1 Å². The van der Waals surface area contributed by atoms with Gasteiger partial charge in [-0.1, -0.05) is 17.7 Å². The van der Waals surface area contributed by atoms with Crippen LogP contribution in [0.4, 0.5) is 5.69 Å². The Balaban J connectivity index is 1.55. The van der Waals surface area contributed by atoms with Crippen molar-refractivity contribution >= 4 is 35.0 Å². The van der Waals surface area contributed by atoms with Crippen LogP contribution >= 0.6 is 11.6 Å². The molecular formula is C22H24ClN3O4. The standard InChI is InChI=1S/C22H24ClN3O4/c1-16(27)24-19-5-2-4-17(14-19)22(29)26-11-3-10-25(12-13-26)21(28)15-30-20-8-6-18(23)7-9-20/h2,4-9,14H,3,10-13,15H2,1H3,(H,24,27). The van der Waals surface area contributed by atoms with Gasteiger partial charge in [0.05, 0.1) is 0 Å². The van der Waals surface area contributed by atoms with Crippen LogP contribution in [-0.2, 0) is 9.59 Å². The zero-order chi connectivity index (χ0) is 21.5. The maximum atomic E-state index is 12.9. The van der Waals surface area contributed by atoms with Crippen molar-refractivity contribution in [2.75, 3.05) is 38.1 Å². The molecule has 0 aromatic heterocycles. The molecule has 0 spiro atoms. The van der Waals surface area contributed by atoms with Gasteiger partial charge in [-0.25, -0.2) is 0 Å². The Kier molecular flexibility index (Phi) is 7.30. The monoisotopic (exact) mass is 429 g/mol. The lowest BCUT2D eigenvalue weighted by molar-refractivity contribution is -0.133. The van der Waals surface area contributed by atoms with Crippen LogP contribution in [0.5, 0.6) is 5.75 Å². The van der Waals surface area contributed by atoms with Gasteiger partial charge in [-0.2, -0.15) is 0 Å². The van der Waals surface area contributed by atoms with E-state index in [-0.39, 0.29) is 24.3 Å². The summed E-state index contributed by atoms with van der Waals surface area (Å²) in [4.78, 5) is 40.1. The van der Waals surface area contributed by atoms with Gasteiger partial charge >= 0.3 is 0 Å². The summed E-state index contributed by atoms with van der Waals surface area (Å²) < 4.78 is 5.54. The van der Waals surface area contributed by atoms with Crippen LogP contribution in [0.1, 0.15) is 23.7 Å². The maximum absolute atomic E-state index is 12.9. The molecule has 3 rings (SSSR count). The van der Waals surface area contributed by atoms with E-state index in [0.717, 1.165) is 0 Å². The largest absolute Gasteiger partial charge is 0.484 e. The van der Waals surface area contributed by atoms with E-state index in [0.29, 0.717) is 54.6 Å². The van der Waals surface area contributed by atoms with E-state index < -0.39 is 0 Å². The van der Waals surface area contributed by atoms with Gasteiger partial charge in [0.25, 0.3) is 11.8 Å². The number of hydrogen-bond donors (Lipinski definition) is 1. The summed E-state index contributed by atoms with van der Waals surface area (Å²) in [5.41, 5.74) is 1.09. The van der Waals surface area contributed by atoms with Crippen molar-refractivity contribution in [2.45, 2.75) is 13.3 Å². The van der Waals surface area contributed by atoms with Crippen molar-refractivity contribution in [1.82, 2.24) is 9.80 Å². The Bertz CT molecular complexity index is 917. The van der Waals surface area contributed by atoms with Crippen molar-refractivity contribution in [3.63, 3.8) is 0 Å². The second kappa shape index (κ2) is 10.1. The lowest BCUT2D eigenvalue weighted by Crippen LogP contribution is -2.39. The number of nitrogens with one attached hydrogen (secondary N) is 1. The minimum absolute atomic E-state index is 0.0612. The molecule has 1 aliphatic heterocycles. The fourth-order valence-corrected chi connectivity index (χ4v) is 3.38. The molecule has 1 N–H and O–H groups in total. The third-order valence-corrected chi connectivity index (χ3v) is 4.99. The number of carbonyl (C=O) groups is 3. The Morgan fingerprint density at radius 2 is 1.70 bits per heavy atom. The van der Waals surface area contributed by atoms with E-state index in [9.17, 15) is 14.4 Å². The summed E-state index contributed by atoms with van der Waals surface area (Å²) in [5, 5.41) is 3.29. The molecule has 0 bridgehead atoms. The molecule has 8 heteroatoms. The third-order valence-electron chi connectivity index (χ3n) is 4.74. The molecule has 3 amide bonds. The van der Waals surface area contributed by atoms with E-state index in [1.807, 2.05) is 0 Å². The SMILES string of the molecule is CC(=O)Nc1cccc(C(=O)N2CCCN(C(=O)COc3ccc(Cl)cc3)CC2)c1. The van der Waals surface area contributed by atoms with E-state index in [2.05, 4.69) is 5.32 Å². The van der Waals surface area contributed by atoms with Gasteiger partial charge in [0, 0.05) is 49.4 Å². The van der Waals surface area contributed by atoms with E-state index in [1.165, 1.54) is 6.92 Å². The number of hydrogen-bond acceptors (Lipinski definition) is 4. The van der Waals surface area contributed by atoms with Gasteiger partial charge in [-0.15, -0.1) is 0 Å². The summed E-state index contributed by atoms with van der Waals surface area (Å²) in [6.45, 7) is 3.37. The average molecular weight is 430 g/mol. The maximum Gasteiger partial charge on any atom is 0.260 e. The molecule has 1 saturated heterocycles. The number of ether oxygens (including phenoxy) is 1. The second-order valence-electron chi connectivity index (χ2n) is 7.03. The first-order valence-corrected chi connectivity index (χ1v) is 10.1. The molecule has 2 aromatic rings. The van der Waals surface area contributed by atoms with Crippen molar-refractivity contribution in [3.8, 4) is 5.75 Å². The Hall–Kier alpha value is -3.06. The van der Waals surface area contributed by atoms with Crippen LogP contribution in [0, 0.1) is 0 Å². The lowest BCUT2D eigenvalue weighted by atomic mass is 10.1. The minimum atomic E-state index is -0.190. The van der Waals surface area contributed by atoms with Gasteiger partial charge in [0.1, 0.15) is 5.75 Å². The minimum Gasteiger partial charge on any atom is -0.484 e. The predicted molar refractivity (Wildman–Crippen MR) is 115 cm³/mol. The molecular weight excluding hydrogens is 406 g/mol. The first-order valence-electron chi connectivity index (χ1n) is 9.75. The number of anilines is 1. The summed E-state index contributed by atoms with van der Waals surface area (Å²) in [6, 6.07) is 13.7. The highest BCUT2D eigenvalue weighted by molar-refractivity contribution is 6.30. The molecule has 1 fully saturated rings. The predicted octanol–water partition coefficient (Wildman–Crippen LogP) is 3.05. The Morgan fingerprint density at radius 3 is 2.43 bits per heavy atom. The molecule has 0 saturated carbocycles. The van der Waals surface area contributed by atoms with Gasteiger partial charge in [0.2, 0.25) is 5.91 Å². The van der Waals surface area contributed by atoms with Crippen LogP contribution in [0.15, 0.2) is 48.5 Å². The van der Waals surface area contributed by atoms with E-state index in [1.54, 1.807) is 58.3 Å². The average Bonchev–Trinajstić information content (AvgIpc) is 2.99. The first-order chi connectivity index (χ1) is 14.4. The smallest absolute Gasteiger partial charge is 0.260 e. The highest BCUT2D eigenvalue weighted by atomic mass is 35.5. The van der Waals surface area contributed by atoms with Crippen LogP contribution in [0.3, 0.4) is 0 Å². The number of nitrogens with zero attached hydrogens (tertiary/aromatic N) is 2. The molecule has 7 nitrogen and oxygen atoms in total. The van der Waals surface area contributed by atoms with Crippen molar-refractivity contribution in [2.24, 2.45) is 0 Å². The van der Waals surface area contributed by atoms with Crippen LogP contribution in [0.2, 0.25) is 5.02 Å². The molecule has 0 unspecified atom stereocenters. The third kappa shape index (κ3) is 5.97. The van der Waals surface area contributed by atoms with Crippen LogP contribution < -0.4 is 10.1 Å². The molecule has 1 aliphatic rings. The fraction of sp³-hybridized carbons (Fsp3) is 0.318. The number of benzene rings is 2. The Morgan fingerprint density at radius 1 is 1.00 bits per heavy atom. The van der Waals surface area contributed by atoms with Crippen LogP contribution in [-0.4, -0.2) is 60.3 Å². The van der Waals surface area contributed by atoms with Crippen molar-refractivity contribution in [1.29, 1.82) is 0 Å². The number of carbonyl (C=O) groups excluding carboxylic acids is 3. The molecule has 158 valence electrons. The normalized spacial score (nSPS) is 14.1. The topological polar surface area (TPSA) is 79.0 Å². The lowest BCUT2D eigenvalue weighted by Gasteiger charge is -2.22. The molecule has 30 heavy (non-hydrogen) atoms. The highest BCUT2D eigenvalue weighted by Crippen LogP contribution is 2.17. The summed E-state index contributed by atoms with van der Waals surface area (Å²) in [6.07, 6.45) is 0.684. The van der Waals surface area contributed by atoms with Gasteiger partial charge in [-0.3, -0.25) is 14.4 Å². The second-order valence-corrected chi connectivity index (χ2v) is 7.47. The van der Waals surface area contributed by atoms with Gasteiger partial charge in [-0.05, 0) is 48.9 Å². The quantitative estimate of drug-likeness (QED) is 0.792. The van der Waals surface area contributed by atoms with E-state index >= 15 is 0 Å². The fourth-order valence-electron chi connectivity index (χ4n) is 3.25. The molecule has 2 aromatic carbocycles. The van der Waals surface area contributed by atoms with Gasteiger partial charge in [0.15, 0.2) is 6.61 Å². The summed E-state index contributed by atoms with van der Waals surface area (Å²) in [5.74, 6) is 0.156. The Labute approximate surface area is 180 Å². The zero-order valence-electron chi connectivity index (χ0n) is 16.8. The summed E-state index contributed by atoms with van der Waals surface area (Å²) >= 11 is 5.85. The first kappa shape index (κ1) is 21.6. The van der Waals surface area contributed by atoms with Gasteiger partial charge < -0.3 is 19.9 Å². The molecule has 0 aliphatic carbocycles. The summed E-state index contributed by atoms with van der Waals surface area (Å²) in [7, 11) is 0. The molecule has 0 atom stereocenters. The van der Waals surface area contributed by atoms with Crippen molar-refractivity contribution in [3.05, 3.63) is 59.1 Å². The number of rotatable bonds is 5. The highest BCUT2D eigenvalue weighted by Gasteiger charge is 2.23. The number of halogens is 1. The van der Waals surface area contributed by atoms with Crippen LogP contribution in [0.25, 0.3) is 0 Å². The zero-order valence-corrected chi connectivity index (χ0v) is 17.5. The molecule has 0 radical (unpaired) electrons. The molecule has 1 heterocycles.